The van der Waals surface area contributed by atoms with Crippen molar-refractivity contribution in [3.05, 3.63) is 131 Å². The molecule has 4 aromatic carbocycles. The minimum atomic E-state index is -0.0175. The van der Waals surface area contributed by atoms with Crippen molar-refractivity contribution in [3.8, 4) is 34.1 Å². The molecule has 1 atom stereocenters. The molecular weight excluding hydrogens is 820 g/mol. The minimum absolute atomic E-state index is 0. The second-order valence-electron chi connectivity index (χ2n) is 16.0. The number of nitrogens with zero attached hydrogens (tertiary/aromatic N) is 4. The van der Waals surface area contributed by atoms with Crippen LogP contribution in [0.4, 0.5) is 0 Å². The largest absolute Gasteiger partial charge is 2.00 e. The zero-order valence-corrected chi connectivity index (χ0v) is 34.2. The third-order valence-corrected chi connectivity index (χ3v) is 10.0. The molecule has 3 heterocycles. The molecule has 0 saturated carbocycles. The van der Waals surface area contributed by atoms with E-state index in [1.807, 2.05) is 18.3 Å². The standard InChI is InChI=1S/C46H48N4O.Pt/c1-11-30(3)44-43(32-15-13-12-14-16-32)31(4)48-50(44)35-23-29(2)24-37(27-35)51-36-18-19-38-39-25-33(45(5,6)7)17-20-40(39)49(41(38)28-36)42-26-34(21-22-47-42)46(8,9)10;/h12-26,30H,11H2,1-10H3;/q-2;+2. The van der Waals surface area contributed by atoms with Gasteiger partial charge in [0.05, 0.1) is 11.4 Å². The van der Waals surface area contributed by atoms with Crippen molar-refractivity contribution >= 4 is 21.8 Å². The summed E-state index contributed by atoms with van der Waals surface area (Å²) in [6.07, 6.45) is 2.91. The molecule has 7 aromatic rings. The van der Waals surface area contributed by atoms with Crippen molar-refractivity contribution in [1.29, 1.82) is 0 Å². The normalized spacial score (nSPS) is 12.7. The van der Waals surface area contributed by atoms with Gasteiger partial charge in [-0.1, -0.05) is 110 Å². The van der Waals surface area contributed by atoms with Crippen molar-refractivity contribution in [2.24, 2.45) is 0 Å². The van der Waals surface area contributed by atoms with Crippen LogP contribution in [0.5, 0.6) is 11.5 Å². The van der Waals surface area contributed by atoms with Crippen LogP contribution in [0.1, 0.15) is 95.8 Å². The summed E-state index contributed by atoms with van der Waals surface area (Å²) in [4.78, 5) is 4.88. The van der Waals surface area contributed by atoms with E-state index in [9.17, 15) is 0 Å². The van der Waals surface area contributed by atoms with Crippen LogP contribution in [0.25, 0.3) is 44.4 Å². The van der Waals surface area contributed by atoms with Crippen LogP contribution in [-0.2, 0) is 31.9 Å². The van der Waals surface area contributed by atoms with E-state index in [0.717, 1.165) is 45.6 Å². The number of aryl methyl sites for hydroxylation is 2. The fourth-order valence-electron chi connectivity index (χ4n) is 6.98. The van der Waals surface area contributed by atoms with Crippen LogP contribution < -0.4 is 4.74 Å². The Labute approximate surface area is 323 Å². The van der Waals surface area contributed by atoms with Crippen molar-refractivity contribution < 1.29 is 25.8 Å². The van der Waals surface area contributed by atoms with E-state index in [4.69, 9.17) is 14.8 Å². The fraction of sp³-hybridized carbons (Fsp3) is 0.304. The van der Waals surface area contributed by atoms with Gasteiger partial charge in [-0.05, 0) is 76.1 Å². The average molecular weight is 868 g/mol. The van der Waals surface area contributed by atoms with E-state index in [1.165, 1.54) is 33.3 Å². The van der Waals surface area contributed by atoms with Crippen molar-refractivity contribution in [1.82, 2.24) is 19.3 Å². The second kappa shape index (κ2) is 14.2. The first-order valence-corrected chi connectivity index (χ1v) is 18.1. The molecule has 268 valence electrons. The maximum absolute atomic E-state index is 6.63. The average Bonchev–Trinajstić information content (AvgIpc) is 3.61. The van der Waals surface area contributed by atoms with E-state index in [-0.39, 0.29) is 31.9 Å². The SMILES string of the molecule is CCC(C)c1c(-c2ccccc2)c(C)nn1-c1[c-]c(Oc2[c-]c3c(cc2)c2cc(C(C)(C)C)ccc2n3-c2cc(C(C)(C)C)ccn2)cc(C)c1.[Pt+2]. The summed E-state index contributed by atoms with van der Waals surface area (Å²) in [6, 6.07) is 37.2. The Morgan fingerprint density at radius 3 is 2.17 bits per heavy atom. The Bertz CT molecular complexity index is 2390. The molecule has 0 aliphatic carbocycles. The monoisotopic (exact) mass is 867 g/mol. The molecule has 7 rings (SSSR count). The fourth-order valence-corrected chi connectivity index (χ4v) is 6.98. The number of rotatable bonds is 7. The molecule has 0 N–H and O–H groups in total. The first-order chi connectivity index (χ1) is 24.2. The van der Waals surface area contributed by atoms with Gasteiger partial charge in [0.25, 0.3) is 0 Å². The Morgan fingerprint density at radius 1 is 0.769 bits per heavy atom. The molecule has 0 fully saturated rings. The number of fused-ring (bicyclic) bond motifs is 3. The molecule has 0 aliphatic heterocycles. The van der Waals surface area contributed by atoms with E-state index < -0.39 is 0 Å². The summed E-state index contributed by atoms with van der Waals surface area (Å²) in [5, 5.41) is 7.37. The van der Waals surface area contributed by atoms with Crippen molar-refractivity contribution in [2.45, 2.75) is 92.4 Å². The van der Waals surface area contributed by atoms with Crippen molar-refractivity contribution in [3.63, 3.8) is 0 Å². The summed E-state index contributed by atoms with van der Waals surface area (Å²) in [7, 11) is 0. The van der Waals surface area contributed by atoms with Gasteiger partial charge in [-0.3, -0.25) is 4.68 Å². The number of hydrogen-bond donors (Lipinski definition) is 0. The molecule has 6 heteroatoms. The van der Waals surface area contributed by atoms with Crippen molar-refractivity contribution in [2.75, 3.05) is 0 Å². The van der Waals surface area contributed by atoms with Gasteiger partial charge in [-0.2, -0.15) is 16.7 Å². The molecule has 3 aromatic heterocycles. The molecule has 0 bridgehead atoms. The number of benzene rings is 4. The van der Waals surface area contributed by atoms with Gasteiger partial charge >= 0.3 is 21.1 Å². The predicted octanol–water partition coefficient (Wildman–Crippen LogP) is 12.1. The van der Waals surface area contributed by atoms with Gasteiger partial charge in [-0.25, -0.2) is 4.98 Å². The Morgan fingerprint density at radius 2 is 1.48 bits per heavy atom. The first-order valence-electron chi connectivity index (χ1n) is 18.1. The molecular formula is C46H48N4OPt. The van der Waals surface area contributed by atoms with E-state index in [1.54, 1.807) is 0 Å². The van der Waals surface area contributed by atoms with Gasteiger partial charge in [0.2, 0.25) is 0 Å². The topological polar surface area (TPSA) is 44.9 Å². The summed E-state index contributed by atoms with van der Waals surface area (Å²) in [5.74, 6) is 2.40. The van der Waals surface area contributed by atoms with E-state index in [2.05, 4.69) is 163 Å². The minimum Gasteiger partial charge on any atom is -0.509 e. The number of pyridine rings is 1. The Balaban J connectivity index is 0.00000464. The molecule has 0 radical (unpaired) electrons. The third-order valence-electron chi connectivity index (χ3n) is 10.0. The van der Waals surface area contributed by atoms with Crippen LogP contribution in [-0.4, -0.2) is 19.3 Å². The van der Waals surface area contributed by atoms with Gasteiger partial charge in [0.1, 0.15) is 5.82 Å². The van der Waals surface area contributed by atoms with E-state index >= 15 is 0 Å². The summed E-state index contributed by atoms with van der Waals surface area (Å²) >= 11 is 0. The van der Waals surface area contributed by atoms with Crippen LogP contribution in [0.3, 0.4) is 0 Å². The maximum Gasteiger partial charge on any atom is 2.00 e. The smallest absolute Gasteiger partial charge is 0.509 e. The van der Waals surface area contributed by atoms with Crippen LogP contribution in [0.2, 0.25) is 0 Å². The molecule has 0 amide bonds. The number of aromatic nitrogens is 4. The second-order valence-corrected chi connectivity index (χ2v) is 16.0. The third kappa shape index (κ3) is 7.00. The van der Waals surface area contributed by atoms with Gasteiger partial charge in [0.15, 0.2) is 0 Å². The molecule has 52 heavy (non-hydrogen) atoms. The zero-order valence-electron chi connectivity index (χ0n) is 32.0. The molecule has 1 unspecified atom stereocenters. The molecule has 0 saturated heterocycles. The maximum atomic E-state index is 6.63. The molecule has 0 aliphatic rings. The molecule has 5 nitrogen and oxygen atoms in total. The summed E-state index contributed by atoms with van der Waals surface area (Å²) in [6.45, 7) is 22.1. The quantitative estimate of drug-likeness (QED) is 0.150. The first kappa shape index (κ1) is 37.3. The van der Waals surface area contributed by atoms with E-state index in [0.29, 0.717) is 17.4 Å². The van der Waals surface area contributed by atoms with Crippen LogP contribution in [0, 0.1) is 26.0 Å². The predicted molar refractivity (Wildman–Crippen MR) is 211 cm³/mol. The number of hydrogen-bond acceptors (Lipinski definition) is 3. The van der Waals surface area contributed by atoms with Crippen LogP contribution >= 0.6 is 0 Å². The van der Waals surface area contributed by atoms with Gasteiger partial charge in [0, 0.05) is 28.8 Å². The van der Waals surface area contributed by atoms with Gasteiger partial charge in [-0.15, -0.1) is 35.7 Å². The Hall–Kier alpha value is -4.47. The van der Waals surface area contributed by atoms with Crippen LogP contribution in [0.15, 0.2) is 91.1 Å². The summed E-state index contributed by atoms with van der Waals surface area (Å²) < 4.78 is 10.9. The molecule has 0 spiro atoms. The summed E-state index contributed by atoms with van der Waals surface area (Å²) in [5.41, 5.74) is 11.0. The van der Waals surface area contributed by atoms with Gasteiger partial charge < -0.3 is 9.30 Å². The zero-order chi connectivity index (χ0) is 36.2. The number of ether oxygens (including phenoxy) is 1. The Kier molecular flexibility index (Phi) is 10.2.